The number of carbonyl (C=O) groups is 1. The molecule has 1 unspecified atom stereocenters. The van der Waals surface area contributed by atoms with Gasteiger partial charge in [-0.1, -0.05) is 16.8 Å². The summed E-state index contributed by atoms with van der Waals surface area (Å²) in [6.45, 7) is 0. The van der Waals surface area contributed by atoms with Crippen LogP contribution in [-0.4, -0.2) is 20.8 Å². The number of ether oxygens (including phenoxy) is 1. The second kappa shape index (κ2) is 6.52. The van der Waals surface area contributed by atoms with E-state index >= 15 is 0 Å². The van der Waals surface area contributed by atoms with Crippen molar-refractivity contribution in [3.8, 4) is 11.8 Å². The molecule has 0 radical (unpaired) electrons. The number of hydrogen-bond acceptors (Lipinski definition) is 6. The Labute approximate surface area is 158 Å². The number of hydrogen-bond donors (Lipinski definition) is 1. The van der Waals surface area contributed by atoms with Crippen molar-refractivity contribution >= 4 is 17.4 Å². The van der Waals surface area contributed by atoms with Crippen LogP contribution >= 0.6 is 11.6 Å². The topological polar surface area (TPSA) is 107 Å². The monoisotopic (exact) mass is 385 g/mol. The fourth-order valence-electron chi connectivity index (χ4n) is 3.31. The maximum absolute atomic E-state index is 13.4. The lowest BCUT2D eigenvalue weighted by atomic mass is 9.80. The molecule has 0 saturated heterocycles. The van der Waals surface area contributed by atoms with E-state index in [-0.39, 0.29) is 22.3 Å². The zero-order valence-electron chi connectivity index (χ0n) is 13.9. The van der Waals surface area contributed by atoms with E-state index in [1.165, 1.54) is 22.9 Å². The van der Waals surface area contributed by atoms with Gasteiger partial charge in [-0.2, -0.15) is 5.26 Å². The van der Waals surface area contributed by atoms with Gasteiger partial charge in [0.2, 0.25) is 5.88 Å². The average Bonchev–Trinajstić information content (AvgIpc) is 3.13. The first-order valence-corrected chi connectivity index (χ1v) is 8.59. The van der Waals surface area contributed by atoms with Crippen molar-refractivity contribution in [3.63, 3.8) is 0 Å². The van der Waals surface area contributed by atoms with Crippen LogP contribution in [0.25, 0.3) is 5.69 Å². The standard InChI is InChI=1S/C18H13ClFN5O2/c19-11-6-9(4-5-12(11)20)25-8-13(23-24-25)16-10(7-21)18(22)27-15-3-1-2-14(26)17(15)16/h4-6,8,16H,1-3,22H2. The third-order valence-electron chi connectivity index (χ3n) is 4.58. The molecule has 27 heavy (non-hydrogen) atoms. The van der Waals surface area contributed by atoms with Crippen LogP contribution in [0, 0.1) is 17.1 Å². The highest BCUT2D eigenvalue weighted by molar-refractivity contribution is 6.30. The van der Waals surface area contributed by atoms with Crippen molar-refractivity contribution in [3.05, 3.63) is 63.7 Å². The van der Waals surface area contributed by atoms with Gasteiger partial charge in [-0.05, 0) is 24.6 Å². The first kappa shape index (κ1) is 17.2. The fraction of sp³-hybridized carbons (Fsp3) is 0.222. The Bertz CT molecular complexity index is 1070. The summed E-state index contributed by atoms with van der Waals surface area (Å²) in [4.78, 5) is 12.5. The molecule has 7 nitrogen and oxygen atoms in total. The Hall–Kier alpha value is -3.18. The van der Waals surface area contributed by atoms with E-state index in [0.717, 1.165) is 0 Å². The number of carbonyl (C=O) groups excluding carboxylic acids is 1. The van der Waals surface area contributed by atoms with Gasteiger partial charge in [-0.3, -0.25) is 4.79 Å². The molecule has 0 bridgehead atoms. The zero-order chi connectivity index (χ0) is 19.1. The normalized spacial score (nSPS) is 19.6. The molecule has 0 saturated carbocycles. The summed E-state index contributed by atoms with van der Waals surface area (Å²) < 4.78 is 20.3. The molecule has 2 N–H and O–H groups in total. The Kier molecular flexibility index (Phi) is 4.16. The summed E-state index contributed by atoms with van der Waals surface area (Å²) in [7, 11) is 0. The second-order valence-electron chi connectivity index (χ2n) is 6.22. The van der Waals surface area contributed by atoms with Crippen LogP contribution in [0.15, 0.2) is 47.2 Å². The molecule has 4 rings (SSSR count). The average molecular weight is 386 g/mol. The minimum absolute atomic E-state index is 0.0321. The number of aromatic nitrogens is 3. The fourth-order valence-corrected chi connectivity index (χ4v) is 3.49. The van der Waals surface area contributed by atoms with E-state index in [2.05, 4.69) is 10.3 Å². The summed E-state index contributed by atoms with van der Waals surface area (Å²) in [5.74, 6) is -0.935. The van der Waals surface area contributed by atoms with Crippen LogP contribution < -0.4 is 5.73 Å². The van der Waals surface area contributed by atoms with Gasteiger partial charge in [0.25, 0.3) is 0 Å². The first-order chi connectivity index (χ1) is 13.0. The third kappa shape index (κ3) is 2.86. The number of Topliss-reactive ketones (excluding diaryl/α,β-unsaturated/α-hetero) is 1. The van der Waals surface area contributed by atoms with Crippen LogP contribution in [-0.2, 0) is 9.53 Å². The van der Waals surface area contributed by atoms with Gasteiger partial charge in [0.05, 0.1) is 28.5 Å². The minimum atomic E-state index is -0.740. The van der Waals surface area contributed by atoms with Gasteiger partial charge >= 0.3 is 0 Å². The number of nitrogens with two attached hydrogens (primary N) is 1. The molecule has 136 valence electrons. The number of allylic oxidation sites excluding steroid dienone is 3. The quantitative estimate of drug-likeness (QED) is 0.851. The molecular weight excluding hydrogens is 373 g/mol. The van der Waals surface area contributed by atoms with Crippen LogP contribution in [0.3, 0.4) is 0 Å². The molecule has 1 atom stereocenters. The summed E-state index contributed by atoms with van der Waals surface area (Å²) in [5.41, 5.74) is 7.29. The largest absolute Gasteiger partial charge is 0.444 e. The van der Waals surface area contributed by atoms with Crippen molar-refractivity contribution < 1.29 is 13.9 Å². The molecular formula is C18H13ClFN5O2. The van der Waals surface area contributed by atoms with E-state index < -0.39 is 11.7 Å². The van der Waals surface area contributed by atoms with Gasteiger partial charge in [-0.25, -0.2) is 9.07 Å². The Morgan fingerprint density at radius 1 is 1.41 bits per heavy atom. The number of ketones is 1. The predicted molar refractivity (Wildman–Crippen MR) is 92.9 cm³/mol. The van der Waals surface area contributed by atoms with E-state index in [1.807, 2.05) is 6.07 Å². The predicted octanol–water partition coefficient (Wildman–Crippen LogP) is 2.87. The van der Waals surface area contributed by atoms with E-state index in [9.17, 15) is 14.4 Å². The minimum Gasteiger partial charge on any atom is -0.444 e. The van der Waals surface area contributed by atoms with Crippen molar-refractivity contribution in [1.29, 1.82) is 5.26 Å². The molecule has 1 aromatic heterocycles. The van der Waals surface area contributed by atoms with E-state index in [0.29, 0.717) is 42.0 Å². The first-order valence-electron chi connectivity index (χ1n) is 8.21. The highest BCUT2D eigenvalue weighted by Crippen LogP contribution is 2.42. The van der Waals surface area contributed by atoms with Crippen molar-refractivity contribution in [1.82, 2.24) is 15.0 Å². The number of nitrogens with zero attached hydrogens (tertiary/aromatic N) is 4. The maximum atomic E-state index is 13.4. The third-order valence-corrected chi connectivity index (χ3v) is 4.87. The summed E-state index contributed by atoms with van der Waals surface area (Å²) in [6, 6.07) is 6.14. The lowest BCUT2D eigenvalue weighted by Gasteiger charge is -2.29. The SMILES string of the molecule is N#CC1=C(N)OC2=C(C(=O)CCC2)C1c1cn(-c2ccc(F)c(Cl)c2)nn1. The molecule has 9 heteroatoms. The number of benzene rings is 1. The summed E-state index contributed by atoms with van der Waals surface area (Å²) in [5, 5.41) is 17.6. The number of rotatable bonds is 2. The molecule has 0 spiro atoms. The highest BCUT2D eigenvalue weighted by Gasteiger charge is 2.39. The van der Waals surface area contributed by atoms with Gasteiger partial charge in [0.1, 0.15) is 23.2 Å². The van der Waals surface area contributed by atoms with Gasteiger partial charge in [-0.15, -0.1) is 5.10 Å². The van der Waals surface area contributed by atoms with E-state index in [4.69, 9.17) is 22.1 Å². The van der Waals surface area contributed by atoms with Crippen molar-refractivity contribution in [2.45, 2.75) is 25.2 Å². The van der Waals surface area contributed by atoms with Crippen LogP contribution in [0.2, 0.25) is 5.02 Å². The van der Waals surface area contributed by atoms with Gasteiger partial charge in [0, 0.05) is 18.4 Å². The Morgan fingerprint density at radius 2 is 2.22 bits per heavy atom. The van der Waals surface area contributed by atoms with Crippen LogP contribution in [0.5, 0.6) is 0 Å². The highest BCUT2D eigenvalue weighted by atomic mass is 35.5. The second-order valence-corrected chi connectivity index (χ2v) is 6.63. The van der Waals surface area contributed by atoms with Crippen LogP contribution in [0.1, 0.15) is 30.9 Å². The number of halogens is 2. The molecule has 0 amide bonds. The number of nitriles is 1. The summed E-state index contributed by atoms with van der Waals surface area (Å²) in [6.07, 6.45) is 3.18. The smallest absolute Gasteiger partial charge is 0.205 e. The Morgan fingerprint density at radius 3 is 2.96 bits per heavy atom. The lowest BCUT2D eigenvalue weighted by molar-refractivity contribution is -0.116. The molecule has 1 aliphatic heterocycles. The molecule has 1 aromatic carbocycles. The zero-order valence-corrected chi connectivity index (χ0v) is 14.7. The molecule has 0 fully saturated rings. The van der Waals surface area contributed by atoms with Crippen molar-refractivity contribution in [2.24, 2.45) is 5.73 Å². The van der Waals surface area contributed by atoms with E-state index in [1.54, 1.807) is 6.20 Å². The van der Waals surface area contributed by atoms with Gasteiger partial charge < -0.3 is 10.5 Å². The molecule has 2 aliphatic rings. The molecule has 2 heterocycles. The summed E-state index contributed by atoms with van der Waals surface area (Å²) >= 11 is 5.82. The van der Waals surface area contributed by atoms with Gasteiger partial charge in [0.15, 0.2) is 5.78 Å². The van der Waals surface area contributed by atoms with Crippen molar-refractivity contribution in [2.75, 3.05) is 0 Å². The lowest BCUT2D eigenvalue weighted by Crippen LogP contribution is -2.27. The Balaban J connectivity index is 1.81. The van der Waals surface area contributed by atoms with Crippen LogP contribution in [0.4, 0.5) is 4.39 Å². The molecule has 2 aromatic rings. The maximum Gasteiger partial charge on any atom is 0.205 e. The molecule has 1 aliphatic carbocycles.